The zero-order valence-corrected chi connectivity index (χ0v) is 12.3. The molecule has 23 heavy (non-hydrogen) atoms. The first-order chi connectivity index (χ1) is 11.2. The maximum atomic E-state index is 11.9. The normalized spacial score (nSPS) is 10.4. The van der Waals surface area contributed by atoms with Crippen molar-refractivity contribution in [2.45, 2.75) is 12.8 Å². The van der Waals surface area contributed by atoms with E-state index in [0.717, 1.165) is 5.76 Å². The van der Waals surface area contributed by atoms with Gasteiger partial charge in [-0.2, -0.15) is 0 Å². The number of amides is 1. The number of carbonyl (C=O) groups excluding carboxylic acids is 1. The summed E-state index contributed by atoms with van der Waals surface area (Å²) in [6, 6.07) is 10.3. The van der Waals surface area contributed by atoms with Gasteiger partial charge in [0.05, 0.1) is 24.3 Å². The van der Waals surface area contributed by atoms with Crippen molar-refractivity contribution in [1.29, 1.82) is 0 Å². The highest BCUT2D eigenvalue weighted by Crippen LogP contribution is 2.20. The fraction of sp³-hybridized carbons (Fsp3) is 0.118. The Labute approximate surface area is 132 Å². The number of phenols is 1. The van der Waals surface area contributed by atoms with Gasteiger partial charge in [0.1, 0.15) is 11.5 Å². The Hall–Kier alpha value is -3.15. The molecule has 0 saturated heterocycles. The minimum atomic E-state index is -0.130. The maximum Gasteiger partial charge on any atom is 0.224 e. The van der Waals surface area contributed by atoms with E-state index in [0.29, 0.717) is 29.9 Å². The molecule has 1 aromatic carbocycles. The number of benzene rings is 1. The lowest BCUT2D eigenvalue weighted by atomic mass is 10.2. The number of nitrogens with one attached hydrogen (secondary N) is 1. The average Bonchev–Trinajstić information content (AvgIpc) is 3.07. The third kappa shape index (κ3) is 3.94. The lowest BCUT2D eigenvalue weighted by Gasteiger charge is -2.05. The van der Waals surface area contributed by atoms with E-state index in [1.54, 1.807) is 36.6 Å². The molecule has 2 N–H and O–H groups in total. The van der Waals surface area contributed by atoms with Crippen LogP contribution >= 0.6 is 0 Å². The summed E-state index contributed by atoms with van der Waals surface area (Å²) in [5.41, 5.74) is 1.24. The van der Waals surface area contributed by atoms with E-state index in [9.17, 15) is 9.90 Å². The predicted octanol–water partition coefficient (Wildman–Crippen LogP) is 3.01. The van der Waals surface area contributed by atoms with Gasteiger partial charge in [-0.05, 0) is 24.3 Å². The third-order valence-electron chi connectivity index (χ3n) is 3.22. The standard InChI is InChI=1S/C17H15N3O3/c21-14-4-1-3-12(9-14)17-18-10-13(11-19-17)20-16(22)7-6-15-5-2-8-23-15/h1-5,8-11,21H,6-7H2,(H,20,22). The van der Waals surface area contributed by atoms with E-state index < -0.39 is 0 Å². The van der Waals surface area contributed by atoms with Crippen molar-refractivity contribution in [2.75, 3.05) is 5.32 Å². The van der Waals surface area contributed by atoms with Crippen molar-refractivity contribution in [3.8, 4) is 17.1 Å². The van der Waals surface area contributed by atoms with Gasteiger partial charge in [0.15, 0.2) is 5.82 Å². The van der Waals surface area contributed by atoms with Gasteiger partial charge >= 0.3 is 0 Å². The molecule has 3 rings (SSSR count). The summed E-state index contributed by atoms with van der Waals surface area (Å²) >= 11 is 0. The highest BCUT2D eigenvalue weighted by molar-refractivity contribution is 5.90. The van der Waals surface area contributed by atoms with Crippen LogP contribution in [0.15, 0.2) is 59.5 Å². The smallest absolute Gasteiger partial charge is 0.224 e. The fourth-order valence-corrected chi connectivity index (χ4v) is 2.10. The second-order valence-corrected chi connectivity index (χ2v) is 4.97. The van der Waals surface area contributed by atoms with Gasteiger partial charge in [0.2, 0.25) is 5.91 Å². The van der Waals surface area contributed by atoms with E-state index in [2.05, 4.69) is 15.3 Å². The fourth-order valence-electron chi connectivity index (χ4n) is 2.10. The maximum absolute atomic E-state index is 11.9. The van der Waals surface area contributed by atoms with E-state index in [1.807, 2.05) is 6.07 Å². The van der Waals surface area contributed by atoms with Crippen LogP contribution in [0.25, 0.3) is 11.4 Å². The molecule has 6 heteroatoms. The van der Waals surface area contributed by atoms with Crippen LogP contribution < -0.4 is 5.32 Å². The molecule has 0 radical (unpaired) electrons. The van der Waals surface area contributed by atoms with E-state index in [-0.39, 0.29) is 11.7 Å². The summed E-state index contributed by atoms with van der Waals surface area (Å²) in [7, 11) is 0. The van der Waals surface area contributed by atoms with E-state index in [1.165, 1.54) is 12.4 Å². The Morgan fingerprint density at radius 3 is 2.70 bits per heavy atom. The molecule has 0 fully saturated rings. The molecule has 6 nitrogen and oxygen atoms in total. The number of aromatic nitrogens is 2. The number of rotatable bonds is 5. The molecule has 0 aliphatic carbocycles. The second-order valence-electron chi connectivity index (χ2n) is 4.97. The van der Waals surface area contributed by atoms with Crippen molar-refractivity contribution in [3.05, 3.63) is 60.8 Å². The molecule has 0 aliphatic heterocycles. The average molecular weight is 309 g/mol. The highest BCUT2D eigenvalue weighted by Gasteiger charge is 2.07. The summed E-state index contributed by atoms with van der Waals surface area (Å²) in [6.07, 6.45) is 5.53. The number of phenolic OH excluding ortho intramolecular Hbond substituents is 1. The number of carbonyl (C=O) groups is 1. The Balaban J connectivity index is 1.60. The third-order valence-corrected chi connectivity index (χ3v) is 3.22. The molecule has 0 bridgehead atoms. The zero-order valence-electron chi connectivity index (χ0n) is 12.3. The van der Waals surface area contributed by atoms with Gasteiger partial charge in [-0.1, -0.05) is 12.1 Å². The molecule has 2 heterocycles. The molecule has 0 saturated carbocycles. The Kier molecular flexibility index (Phi) is 4.33. The SMILES string of the molecule is O=C(CCc1ccco1)Nc1cnc(-c2cccc(O)c2)nc1. The van der Waals surface area contributed by atoms with Crippen LogP contribution in [0.1, 0.15) is 12.2 Å². The van der Waals surface area contributed by atoms with E-state index in [4.69, 9.17) is 4.42 Å². The molecule has 116 valence electrons. The molecular formula is C17H15N3O3. The highest BCUT2D eigenvalue weighted by atomic mass is 16.3. The molecule has 1 amide bonds. The lowest BCUT2D eigenvalue weighted by molar-refractivity contribution is -0.116. The summed E-state index contributed by atoms with van der Waals surface area (Å²) in [5.74, 6) is 1.28. The van der Waals surface area contributed by atoms with Crippen LogP contribution in [0, 0.1) is 0 Å². The van der Waals surface area contributed by atoms with Crippen LogP contribution in [-0.4, -0.2) is 21.0 Å². The largest absolute Gasteiger partial charge is 0.508 e. The summed E-state index contributed by atoms with van der Waals surface area (Å²) in [5, 5.41) is 12.2. The Morgan fingerprint density at radius 1 is 1.17 bits per heavy atom. The minimum Gasteiger partial charge on any atom is -0.508 e. The van der Waals surface area contributed by atoms with Gasteiger partial charge in [-0.25, -0.2) is 9.97 Å². The first kappa shape index (κ1) is 14.8. The molecule has 0 aliphatic rings. The van der Waals surface area contributed by atoms with E-state index >= 15 is 0 Å². The lowest BCUT2D eigenvalue weighted by Crippen LogP contribution is -2.12. The summed E-state index contributed by atoms with van der Waals surface area (Å²) < 4.78 is 5.18. The van der Waals surface area contributed by atoms with Crippen molar-refractivity contribution >= 4 is 11.6 Å². The number of anilines is 1. The van der Waals surface area contributed by atoms with Crippen molar-refractivity contribution < 1.29 is 14.3 Å². The first-order valence-electron chi connectivity index (χ1n) is 7.14. The molecule has 0 spiro atoms. The number of nitrogens with zero attached hydrogens (tertiary/aromatic N) is 2. The second kappa shape index (κ2) is 6.74. The Morgan fingerprint density at radius 2 is 2.00 bits per heavy atom. The molecule has 3 aromatic rings. The van der Waals surface area contributed by atoms with Gasteiger partial charge in [0, 0.05) is 18.4 Å². The predicted molar refractivity (Wildman–Crippen MR) is 84.8 cm³/mol. The van der Waals surface area contributed by atoms with Crippen LogP contribution in [0.5, 0.6) is 5.75 Å². The minimum absolute atomic E-state index is 0.130. The number of aryl methyl sites for hydroxylation is 1. The van der Waals surface area contributed by atoms with Crippen molar-refractivity contribution in [3.63, 3.8) is 0 Å². The quantitative estimate of drug-likeness (QED) is 0.756. The monoisotopic (exact) mass is 309 g/mol. The summed E-state index contributed by atoms with van der Waals surface area (Å²) in [4.78, 5) is 20.3. The number of furan rings is 1. The molecule has 2 aromatic heterocycles. The van der Waals surface area contributed by atoms with Gasteiger partial charge < -0.3 is 14.8 Å². The molecule has 0 atom stereocenters. The molecule has 0 unspecified atom stereocenters. The van der Waals surface area contributed by atoms with Crippen molar-refractivity contribution in [1.82, 2.24) is 9.97 Å². The van der Waals surface area contributed by atoms with Gasteiger partial charge in [-0.15, -0.1) is 0 Å². The topological polar surface area (TPSA) is 88.2 Å². The number of aromatic hydroxyl groups is 1. The molecular weight excluding hydrogens is 294 g/mol. The van der Waals surface area contributed by atoms with Crippen LogP contribution in [0.2, 0.25) is 0 Å². The van der Waals surface area contributed by atoms with Crippen LogP contribution in [0.4, 0.5) is 5.69 Å². The Bertz CT molecular complexity index is 783. The number of hydrogen-bond donors (Lipinski definition) is 2. The van der Waals surface area contributed by atoms with Gasteiger partial charge in [0.25, 0.3) is 0 Å². The number of hydrogen-bond acceptors (Lipinski definition) is 5. The van der Waals surface area contributed by atoms with Crippen molar-refractivity contribution in [2.24, 2.45) is 0 Å². The van der Waals surface area contributed by atoms with Gasteiger partial charge in [-0.3, -0.25) is 4.79 Å². The van der Waals surface area contributed by atoms with Crippen LogP contribution in [-0.2, 0) is 11.2 Å². The first-order valence-corrected chi connectivity index (χ1v) is 7.14. The zero-order chi connectivity index (χ0) is 16.1. The summed E-state index contributed by atoms with van der Waals surface area (Å²) in [6.45, 7) is 0. The van der Waals surface area contributed by atoms with Crippen LogP contribution in [0.3, 0.4) is 0 Å².